The zero-order valence-corrected chi connectivity index (χ0v) is 13.9. The average Bonchev–Trinajstić information content (AvgIpc) is 2.64. The molecular weight excluding hydrogens is 311 g/mol. The van der Waals surface area contributed by atoms with Gasteiger partial charge in [-0.15, -0.1) is 0 Å². The molecule has 2 atom stereocenters. The van der Waals surface area contributed by atoms with E-state index >= 15 is 0 Å². The number of aliphatic hydroxyl groups excluding tert-OH is 1. The summed E-state index contributed by atoms with van der Waals surface area (Å²) in [6.45, 7) is 4.04. The normalized spacial score (nSPS) is 21.0. The summed E-state index contributed by atoms with van der Waals surface area (Å²) >= 11 is 12.2. The SMILES string of the molecule is CC(C)NC(=O)CN(C)[C@@H]1c2cc(Cl)cc(Cl)c2C[C@@H]1O. The number of hydrogen-bond acceptors (Lipinski definition) is 3. The molecule has 116 valence electrons. The first-order valence-corrected chi connectivity index (χ1v) is 7.70. The van der Waals surface area contributed by atoms with Crippen LogP contribution in [0.15, 0.2) is 12.1 Å². The van der Waals surface area contributed by atoms with Crippen LogP contribution in [-0.2, 0) is 11.2 Å². The number of rotatable bonds is 4. The van der Waals surface area contributed by atoms with Gasteiger partial charge in [-0.1, -0.05) is 23.2 Å². The summed E-state index contributed by atoms with van der Waals surface area (Å²) in [5.41, 5.74) is 1.81. The summed E-state index contributed by atoms with van der Waals surface area (Å²) in [6.07, 6.45) is -0.112. The van der Waals surface area contributed by atoms with Crippen LogP contribution in [0.5, 0.6) is 0 Å². The zero-order chi connectivity index (χ0) is 15.7. The van der Waals surface area contributed by atoms with E-state index in [0.29, 0.717) is 16.5 Å². The third-order valence-corrected chi connectivity index (χ3v) is 4.16. The Labute approximate surface area is 135 Å². The highest BCUT2D eigenvalue weighted by molar-refractivity contribution is 6.35. The molecule has 1 aromatic carbocycles. The van der Waals surface area contributed by atoms with Gasteiger partial charge in [0.2, 0.25) is 5.91 Å². The van der Waals surface area contributed by atoms with Crippen molar-refractivity contribution in [3.8, 4) is 0 Å². The Morgan fingerprint density at radius 2 is 2.14 bits per heavy atom. The Hall–Kier alpha value is -0.810. The molecule has 0 unspecified atom stereocenters. The number of carbonyl (C=O) groups excluding carboxylic acids is 1. The molecular formula is C15H20Cl2N2O2. The van der Waals surface area contributed by atoms with Crippen molar-refractivity contribution in [3.05, 3.63) is 33.3 Å². The molecule has 1 aliphatic rings. The Morgan fingerprint density at radius 3 is 2.76 bits per heavy atom. The lowest BCUT2D eigenvalue weighted by Gasteiger charge is -2.27. The fourth-order valence-electron chi connectivity index (χ4n) is 2.85. The highest BCUT2D eigenvalue weighted by atomic mass is 35.5. The van der Waals surface area contributed by atoms with Crippen LogP contribution >= 0.6 is 23.2 Å². The summed E-state index contributed by atoms with van der Waals surface area (Å²) in [7, 11) is 1.82. The van der Waals surface area contributed by atoms with Gasteiger partial charge in [0.1, 0.15) is 0 Å². The van der Waals surface area contributed by atoms with Gasteiger partial charge in [-0.3, -0.25) is 9.69 Å². The van der Waals surface area contributed by atoms with Gasteiger partial charge in [0.15, 0.2) is 0 Å². The molecule has 6 heteroatoms. The van der Waals surface area contributed by atoms with Gasteiger partial charge < -0.3 is 10.4 Å². The van der Waals surface area contributed by atoms with Crippen LogP contribution in [0.3, 0.4) is 0 Å². The molecule has 1 amide bonds. The molecule has 4 nitrogen and oxygen atoms in total. The van der Waals surface area contributed by atoms with Crippen LogP contribution in [0.4, 0.5) is 0 Å². The third-order valence-electron chi connectivity index (χ3n) is 3.61. The number of carbonyl (C=O) groups is 1. The zero-order valence-electron chi connectivity index (χ0n) is 12.4. The highest BCUT2D eigenvalue weighted by Crippen LogP contribution is 2.40. The minimum Gasteiger partial charge on any atom is -0.391 e. The molecule has 0 radical (unpaired) electrons. The second-order valence-corrected chi connectivity index (χ2v) is 6.65. The van der Waals surface area contributed by atoms with Crippen LogP contribution in [-0.4, -0.2) is 41.7 Å². The summed E-state index contributed by atoms with van der Waals surface area (Å²) in [6, 6.07) is 3.33. The molecule has 0 aliphatic heterocycles. The molecule has 1 aliphatic carbocycles. The third kappa shape index (κ3) is 3.69. The second-order valence-electron chi connectivity index (χ2n) is 5.81. The molecule has 2 rings (SSSR count). The van der Waals surface area contributed by atoms with Crippen molar-refractivity contribution in [2.24, 2.45) is 0 Å². The summed E-state index contributed by atoms with van der Waals surface area (Å²) in [5, 5.41) is 14.3. The van der Waals surface area contributed by atoms with Crippen molar-refractivity contribution < 1.29 is 9.90 Å². The summed E-state index contributed by atoms with van der Waals surface area (Å²) in [4.78, 5) is 13.7. The number of aliphatic hydroxyl groups is 1. The van der Waals surface area contributed by atoms with Gasteiger partial charge in [-0.2, -0.15) is 0 Å². The van der Waals surface area contributed by atoms with Crippen molar-refractivity contribution >= 4 is 29.1 Å². The van der Waals surface area contributed by atoms with Crippen LogP contribution in [0.2, 0.25) is 10.0 Å². The van der Waals surface area contributed by atoms with Crippen molar-refractivity contribution in [2.45, 2.75) is 38.5 Å². The highest BCUT2D eigenvalue weighted by Gasteiger charge is 2.36. The first-order chi connectivity index (χ1) is 9.79. The van der Waals surface area contributed by atoms with Gasteiger partial charge in [-0.05, 0) is 44.2 Å². The summed E-state index contributed by atoms with van der Waals surface area (Å²) < 4.78 is 0. The van der Waals surface area contributed by atoms with E-state index < -0.39 is 6.10 Å². The Morgan fingerprint density at radius 1 is 1.48 bits per heavy atom. The largest absolute Gasteiger partial charge is 0.391 e. The molecule has 0 spiro atoms. The maximum Gasteiger partial charge on any atom is 0.234 e. The quantitative estimate of drug-likeness (QED) is 0.891. The van der Waals surface area contributed by atoms with E-state index in [1.165, 1.54) is 0 Å². The molecule has 0 fully saturated rings. The number of hydrogen-bond donors (Lipinski definition) is 2. The predicted octanol–water partition coefficient (Wildman–Crippen LogP) is 2.41. The molecule has 1 aromatic rings. The van der Waals surface area contributed by atoms with E-state index in [0.717, 1.165) is 11.1 Å². The minimum atomic E-state index is -0.590. The van der Waals surface area contributed by atoms with E-state index in [1.807, 2.05) is 31.9 Å². The number of amides is 1. The number of fused-ring (bicyclic) bond motifs is 1. The number of nitrogens with one attached hydrogen (secondary N) is 1. The lowest BCUT2D eigenvalue weighted by molar-refractivity contribution is -0.123. The van der Waals surface area contributed by atoms with Gasteiger partial charge in [0, 0.05) is 22.5 Å². The van der Waals surface area contributed by atoms with Crippen molar-refractivity contribution in [1.29, 1.82) is 0 Å². The second kappa shape index (κ2) is 6.53. The lowest BCUT2D eigenvalue weighted by Crippen LogP contribution is -2.41. The van der Waals surface area contributed by atoms with E-state index in [2.05, 4.69) is 5.32 Å². The van der Waals surface area contributed by atoms with E-state index in [1.54, 1.807) is 6.07 Å². The minimum absolute atomic E-state index is 0.0683. The Kier molecular flexibility index (Phi) is 5.15. The first-order valence-electron chi connectivity index (χ1n) is 6.95. The van der Waals surface area contributed by atoms with Gasteiger partial charge >= 0.3 is 0 Å². The van der Waals surface area contributed by atoms with Gasteiger partial charge in [0.05, 0.1) is 18.7 Å². The molecule has 0 heterocycles. The fraction of sp³-hybridized carbons (Fsp3) is 0.533. The van der Waals surface area contributed by atoms with Crippen molar-refractivity contribution in [1.82, 2.24) is 10.2 Å². The van der Waals surface area contributed by atoms with Gasteiger partial charge in [0.25, 0.3) is 0 Å². The van der Waals surface area contributed by atoms with Crippen LogP contribution in [0.1, 0.15) is 31.0 Å². The smallest absolute Gasteiger partial charge is 0.234 e. The van der Waals surface area contributed by atoms with Crippen molar-refractivity contribution in [3.63, 3.8) is 0 Å². The van der Waals surface area contributed by atoms with Crippen molar-refractivity contribution in [2.75, 3.05) is 13.6 Å². The molecule has 21 heavy (non-hydrogen) atoms. The molecule has 2 N–H and O–H groups in total. The average molecular weight is 331 g/mol. The lowest BCUT2D eigenvalue weighted by atomic mass is 10.1. The standard InChI is InChI=1S/C15H20Cl2N2O2/c1-8(2)18-14(21)7-19(3)15-11-4-9(16)5-12(17)10(11)6-13(15)20/h4-5,8,13,15,20H,6-7H2,1-3H3,(H,18,21)/t13-,15+/m0/s1. The summed E-state index contributed by atoms with van der Waals surface area (Å²) in [5.74, 6) is -0.0683. The number of likely N-dealkylation sites (N-methyl/N-ethyl adjacent to an activating group) is 1. The maximum atomic E-state index is 11.9. The van der Waals surface area contributed by atoms with Gasteiger partial charge in [-0.25, -0.2) is 0 Å². The first kappa shape index (κ1) is 16.6. The number of benzene rings is 1. The molecule has 0 saturated carbocycles. The molecule has 0 bridgehead atoms. The van der Waals surface area contributed by atoms with E-state index in [-0.39, 0.29) is 24.5 Å². The number of halogens is 2. The topological polar surface area (TPSA) is 52.6 Å². The van der Waals surface area contributed by atoms with E-state index in [4.69, 9.17) is 23.2 Å². The van der Waals surface area contributed by atoms with Crippen LogP contribution in [0, 0.1) is 0 Å². The predicted molar refractivity (Wildman–Crippen MR) is 84.8 cm³/mol. The Bertz CT molecular complexity index is 549. The molecule has 0 aromatic heterocycles. The van der Waals surface area contributed by atoms with Crippen LogP contribution < -0.4 is 5.32 Å². The fourth-order valence-corrected chi connectivity index (χ4v) is 3.44. The van der Waals surface area contributed by atoms with E-state index in [9.17, 15) is 9.90 Å². The van der Waals surface area contributed by atoms with Crippen LogP contribution in [0.25, 0.3) is 0 Å². The monoisotopic (exact) mass is 330 g/mol. The maximum absolute atomic E-state index is 11.9. The Balaban J connectivity index is 2.20. The number of nitrogens with zero attached hydrogens (tertiary/aromatic N) is 1. The molecule has 0 saturated heterocycles.